The number of aryl methyl sites for hydroxylation is 1. The SMILES string of the molecule is Cc1cc(-c2cccc(OCc3ccccc3)c2)c(C#N)c(N)n1. The van der Waals surface area contributed by atoms with Crippen molar-refractivity contribution in [3.05, 3.63) is 77.5 Å². The molecule has 0 aliphatic rings. The van der Waals surface area contributed by atoms with E-state index >= 15 is 0 Å². The summed E-state index contributed by atoms with van der Waals surface area (Å²) in [5.41, 5.74) is 9.80. The van der Waals surface area contributed by atoms with Gasteiger partial charge in [0.1, 0.15) is 29.8 Å². The molecule has 0 bridgehead atoms. The van der Waals surface area contributed by atoms with Gasteiger partial charge in [0.2, 0.25) is 0 Å². The Kier molecular flexibility index (Phi) is 4.44. The second-order valence-corrected chi connectivity index (χ2v) is 5.49. The molecule has 0 saturated carbocycles. The van der Waals surface area contributed by atoms with Crippen LogP contribution in [0.1, 0.15) is 16.8 Å². The molecule has 4 nitrogen and oxygen atoms in total. The van der Waals surface area contributed by atoms with Gasteiger partial charge in [0.15, 0.2) is 0 Å². The molecule has 4 heteroatoms. The number of benzene rings is 2. The Morgan fingerprint density at radius 3 is 2.62 bits per heavy atom. The van der Waals surface area contributed by atoms with Gasteiger partial charge in [-0.3, -0.25) is 0 Å². The smallest absolute Gasteiger partial charge is 0.142 e. The van der Waals surface area contributed by atoms with E-state index in [2.05, 4.69) is 11.1 Å². The summed E-state index contributed by atoms with van der Waals surface area (Å²) >= 11 is 0. The van der Waals surface area contributed by atoms with Crippen LogP contribution in [0, 0.1) is 18.3 Å². The number of ether oxygens (including phenoxy) is 1. The van der Waals surface area contributed by atoms with Crippen molar-refractivity contribution in [1.82, 2.24) is 4.98 Å². The van der Waals surface area contributed by atoms with Gasteiger partial charge in [-0.05, 0) is 36.2 Å². The zero-order valence-electron chi connectivity index (χ0n) is 13.4. The maximum atomic E-state index is 9.37. The van der Waals surface area contributed by atoms with Crippen LogP contribution >= 0.6 is 0 Å². The number of nitrogen functional groups attached to an aromatic ring is 1. The molecular weight excluding hydrogens is 298 g/mol. The number of rotatable bonds is 4. The van der Waals surface area contributed by atoms with E-state index in [0.717, 1.165) is 28.1 Å². The minimum absolute atomic E-state index is 0.253. The first-order chi connectivity index (χ1) is 11.7. The Labute approximate surface area is 141 Å². The van der Waals surface area contributed by atoms with Crippen LogP contribution < -0.4 is 10.5 Å². The van der Waals surface area contributed by atoms with Crippen LogP contribution in [0.4, 0.5) is 5.82 Å². The highest BCUT2D eigenvalue weighted by Gasteiger charge is 2.11. The standard InChI is InChI=1S/C20H17N3O/c1-14-10-18(19(12-21)20(22)23-14)16-8-5-9-17(11-16)24-13-15-6-3-2-4-7-15/h2-11H,13H2,1H3,(H2,22,23). The maximum Gasteiger partial charge on any atom is 0.142 e. The van der Waals surface area contributed by atoms with E-state index in [4.69, 9.17) is 10.5 Å². The molecule has 2 aromatic carbocycles. The summed E-state index contributed by atoms with van der Waals surface area (Å²) in [6.45, 7) is 2.35. The molecule has 0 unspecified atom stereocenters. The van der Waals surface area contributed by atoms with Gasteiger partial charge < -0.3 is 10.5 Å². The molecule has 0 fully saturated rings. The first-order valence-corrected chi connectivity index (χ1v) is 7.62. The third-order valence-electron chi connectivity index (χ3n) is 3.68. The van der Waals surface area contributed by atoms with Gasteiger partial charge in [0.25, 0.3) is 0 Å². The van der Waals surface area contributed by atoms with Gasteiger partial charge >= 0.3 is 0 Å². The van der Waals surface area contributed by atoms with Gasteiger partial charge in [0.05, 0.1) is 0 Å². The number of nitriles is 1. The molecule has 1 aromatic heterocycles. The van der Waals surface area contributed by atoms with Gasteiger partial charge in [-0.15, -0.1) is 0 Å². The van der Waals surface area contributed by atoms with Crippen LogP contribution in [0.15, 0.2) is 60.7 Å². The molecule has 0 saturated heterocycles. The summed E-state index contributed by atoms with van der Waals surface area (Å²) in [6.07, 6.45) is 0. The lowest BCUT2D eigenvalue weighted by Crippen LogP contribution is -2.00. The minimum atomic E-state index is 0.253. The zero-order chi connectivity index (χ0) is 16.9. The topological polar surface area (TPSA) is 71.9 Å². The molecule has 1 heterocycles. The molecule has 2 N–H and O–H groups in total. The van der Waals surface area contributed by atoms with Crippen molar-refractivity contribution in [3.63, 3.8) is 0 Å². The zero-order valence-corrected chi connectivity index (χ0v) is 13.4. The third kappa shape index (κ3) is 3.36. The molecule has 0 aliphatic carbocycles. The minimum Gasteiger partial charge on any atom is -0.489 e. The van der Waals surface area contributed by atoms with Gasteiger partial charge in [0, 0.05) is 11.3 Å². The largest absolute Gasteiger partial charge is 0.489 e. The van der Waals surface area contributed by atoms with Crippen molar-refractivity contribution in [2.24, 2.45) is 0 Å². The summed E-state index contributed by atoms with van der Waals surface area (Å²) < 4.78 is 5.86. The van der Waals surface area contributed by atoms with Crippen molar-refractivity contribution in [2.45, 2.75) is 13.5 Å². The van der Waals surface area contributed by atoms with Crippen LogP contribution in [-0.2, 0) is 6.61 Å². The van der Waals surface area contributed by atoms with E-state index in [1.807, 2.05) is 67.6 Å². The van der Waals surface area contributed by atoms with E-state index < -0.39 is 0 Å². The highest BCUT2D eigenvalue weighted by atomic mass is 16.5. The first-order valence-electron chi connectivity index (χ1n) is 7.62. The lowest BCUT2D eigenvalue weighted by Gasteiger charge is -2.11. The monoisotopic (exact) mass is 315 g/mol. The van der Waals surface area contributed by atoms with E-state index in [0.29, 0.717) is 12.2 Å². The lowest BCUT2D eigenvalue weighted by molar-refractivity contribution is 0.306. The van der Waals surface area contributed by atoms with Crippen LogP contribution in [0.5, 0.6) is 5.75 Å². The van der Waals surface area contributed by atoms with Gasteiger partial charge in [-0.25, -0.2) is 4.98 Å². The van der Waals surface area contributed by atoms with Crippen molar-refractivity contribution >= 4 is 5.82 Å². The van der Waals surface area contributed by atoms with Crippen molar-refractivity contribution in [3.8, 4) is 22.9 Å². The van der Waals surface area contributed by atoms with Crippen LogP contribution in [0.25, 0.3) is 11.1 Å². The predicted molar refractivity (Wildman–Crippen MR) is 94.3 cm³/mol. The molecule has 3 rings (SSSR count). The van der Waals surface area contributed by atoms with Crippen LogP contribution in [-0.4, -0.2) is 4.98 Å². The predicted octanol–water partition coefficient (Wildman–Crippen LogP) is 4.09. The molecule has 0 aliphatic heterocycles. The van der Waals surface area contributed by atoms with Crippen LogP contribution in [0.3, 0.4) is 0 Å². The number of anilines is 1. The fraction of sp³-hybridized carbons (Fsp3) is 0.100. The molecule has 118 valence electrons. The molecule has 0 atom stereocenters. The van der Waals surface area contributed by atoms with Crippen molar-refractivity contribution in [1.29, 1.82) is 5.26 Å². The average Bonchev–Trinajstić information content (AvgIpc) is 2.60. The first kappa shape index (κ1) is 15.6. The molecule has 0 spiro atoms. The lowest BCUT2D eigenvalue weighted by atomic mass is 10.0. The van der Waals surface area contributed by atoms with E-state index in [9.17, 15) is 5.26 Å². The highest BCUT2D eigenvalue weighted by Crippen LogP contribution is 2.29. The molecule has 0 amide bonds. The van der Waals surface area contributed by atoms with E-state index in [1.54, 1.807) is 0 Å². The maximum absolute atomic E-state index is 9.37. The molecular formula is C20H17N3O. The Hall–Kier alpha value is -3.32. The van der Waals surface area contributed by atoms with E-state index in [-0.39, 0.29) is 5.82 Å². The number of aromatic nitrogens is 1. The molecule has 0 radical (unpaired) electrons. The Balaban J connectivity index is 1.90. The van der Waals surface area contributed by atoms with Gasteiger partial charge in [-0.2, -0.15) is 5.26 Å². The number of pyridine rings is 1. The normalized spacial score (nSPS) is 10.2. The third-order valence-corrected chi connectivity index (χ3v) is 3.68. The summed E-state index contributed by atoms with van der Waals surface area (Å²) in [4.78, 5) is 4.15. The Morgan fingerprint density at radius 2 is 1.88 bits per heavy atom. The number of nitrogens with zero attached hydrogens (tertiary/aromatic N) is 2. The summed E-state index contributed by atoms with van der Waals surface area (Å²) in [5, 5.41) is 9.37. The summed E-state index contributed by atoms with van der Waals surface area (Å²) in [6, 6.07) is 21.6. The highest BCUT2D eigenvalue weighted by molar-refractivity contribution is 5.76. The number of hydrogen-bond donors (Lipinski definition) is 1. The fourth-order valence-corrected chi connectivity index (χ4v) is 2.54. The summed E-state index contributed by atoms with van der Waals surface area (Å²) in [5.74, 6) is 0.997. The Morgan fingerprint density at radius 1 is 1.08 bits per heavy atom. The second kappa shape index (κ2) is 6.84. The fourth-order valence-electron chi connectivity index (χ4n) is 2.54. The number of nitrogens with two attached hydrogens (primary N) is 1. The van der Waals surface area contributed by atoms with Crippen molar-refractivity contribution in [2.75, 3.05) is 5.73 Å². The van der Waals surface area contributed by atoms with Crippen LogP contribution in [0.2, 0.25) is 0 Å². The summed E-state index contributed by atoms with van der Waals surface area (Å²) in [7, 11) is 0. The quantitative estimate of drug-likeness (QED) is 0.787. The number of hydrogen-bond acceptors (Lipinski definition) is 4. The molecule has 3 aromatic rings. The second-order valence-electron chi connectivity index (χ2n) is 5.49. The van der Waals surface area contributed by atoms with E-state index in [1.165, 1.54) is 0 Å². The molecule has 24 heavy (non-hydrogen) atoms. The average molecular weight is 315 g/mol. The van der Waals surface area contributed by atoms with Crippen molar-refractivity contribution < 1.29 is 4.74 Å². The van der Waals surface area contributed by atoms with Gasteiger partial charge in [-0.1, -0.05) is 42.5 Å². The Bertz CT molecular complexity index is 899.